The molecule has 6 heteroatoms. The molecule has 1 aliphatic carbocycles. The van der Waals surface area contributed by atoms with Gasteiger partial charge in [0.05, 0.1) is 5.51 Å². The van der Waals surface area contributed by atoms with E-state index in [9.17, 15) is 0 Å². The number of rotatable bonds is 2. The second kappa shape index (κ2) is 3.80. The Morgan fingerprint density at radius 1 is 1.31 bits per heavy atom. The van der Waals surface area contributed by atoms with Crippen LogP contribution in [0.1, 0.15) is 17.7 Å². The van der Waals surface area contributed by atoms with Gasteiger partial charge in [-0.3, -0.25) is 0 Å². The predicted molar refractivity (Wildman–Crippen MR) is 63.0 cm³/mol. The molecule has 0 bridgehead atoms. The van der Waals surface area contributed by atoms with Crippen molar-refractivity contribution >= 4 is 17.2 Å². The van der Waals surface area contributed by atoms with Crippen LogP contribution in [0.5, 0.6) is 0 Å². The highest BCUT2D eigenvalue weighted by Crippen LogP contribution is 2.28. The predicted octanol–water partition coefficient (Wildman–Crippen LogP) is 1.37. The standard InChI is InChI=1S/C10H11N5S/c11-15-9-6-2-1-3-7(6)13-10(14-9)8-4-16-5-12-8/h4-5H,1-3,11H2,(H,13,14,15). The van der Waals surface area contributed by atoms with Crippen LogP contribution in [0.4, 0.5) is 5.82 Å². The highest BCUT2D eigenvalue weighted by Gasteiger charge is 2.19. The lowest BCUT2D eigenvalue weighted by Crippen LogP contribution is -2.12. The zero-order valence-electron chi connectivity index (χ0n) is 8.60. The number of nitrogens with one attached hydrogen (secondary N) is 1. The van der Waals surface area contributed by atoms with Crippen LogP contribution < -0.4 is 11.3 Å². The van der Waals surface area contributed by atoms with Crippen LogP contribution in [-0.2, 0) is 12.8 Å². The molecule has 2 heterocycles. The Bertz CT molecular complexity index is 508. The molecule has 0 aromatic carbocycles. The van der Waals surface area contributed by atoms with E-state index in [1.807, 2.05) is 5.38 Å². The third-order valence-corrected chi connectivity index (χ3v) is 3.32. The molecule has 3 rings (SSSR count). The first-order chi connectivity index (χ1) is 7.88. The third-order valence-electron chi connectivity index (χ3n) is 2.73. The Labute approximate surface area is 96.7 Å². The molecule has 5 nitrogen and oxygen atoms in total. The lowest BCUT2D eigenvalue weighted by Gasteiger charge is -2.07. The van der Waals surface area contributed by atoms with Crippen LogP contribution in [0.2, 0.25) is 0 Å². The Hall–Kier alpha value is -1.53. The Kier molecular flexibility index (Phi) is 2.30. The van der Waals surface area contributed by atoms with Gasteiger partial charge in [-0.1, -0.05) is 0 Å². The van der Waals surface area contributed by atoms with Crippen molar-refractivity contribution in [3.63, 3.8) is 0 Å². The van der Waals surface area contributed by atoms with Gasteiger partial charge in [-0.25, -0.2) is 20.8 Å². The number of hydrogen-bond acceptors (Lipinski definition) is 6. The number of thiazole rings is 1. The molecule has 0 amide bonds. The maximum Gasteiger partial charge on any atom is 0.181 e. The first-order valence-electron chi connectivity index (χ1n) is 5.13. The van der Waals surface area contributed by atoms with Crippen LogP contribution in [0.3, 0.4) is 0 Å². The minimum absolute atomic E-state index is 0.662. The topological polar surface area (TPSA) is 76.7 Å². The summed E-state index contributed by atoms with van der Waals surface area (Å²) in [5, 5.41) is 1.94. The van der Waals surface area contributed by atoms with Gasteiger partial charge in [0, 0.05) is 16.6 Å². The van der Waals surface area contributed by atoms with Crippen LogP contribution >= 0.6 is 11.3 Å². The Morgan fingerprint density at radius 2 is 2.25 bits per heavy atom. The summed E-state index contributed by atoms with van der Waals surface area (Å²) in [7, 11) is 0. The molecular formula is C10H11N5S. The number of aryl methyl sites for hydroxylation is 1. The van der Waals surface area contributed by atoms with Crippen LogP contribution in [0.25, 0.3) is 11.5 Å². The van der Waals surface area contributed by atoms with Crippen molar-refractivity contribution in [1.82, 2.24) is 15.0 Å². The third kappa shape index (κ3) is 1.46. The van der Waals surface area contributed by atoms with Crippen molar-refractivity contribution in [2.24, 2.45) is 5.84 Å². The zero-order chi connectivity index (χ0) is 11.0. The highest BCUT2D eigenvalue weighted by atomic mass is 32.1. The van der Waals surface area contributed by atoms with Crippen molar-refractivity contribution < 1.29 is 0 Å². The summed E-state index contributed by atoms with van der Waals surface area (Å²) >= 11 is 1.54. The van der Waals surface area contributed by atoms with Crippen molar-refractivity contribution in [1.29, 1.82) is 0 Å². The number of nitrogen functional groups attached to an aromatic ring is 1. The number of aromatic nitrogens is 3. The van der Waals surface area contributed by atoms with Crippen LogP contribution in [0, 0.1) is 0 Å². The second-order valence-electron chi connectivity index (χ2n) is 3.69. The quantitative estimate of drug-likeness (QED) is 0.605. The van der Waals surface area contributed by atoms with Gasteiger partial charge in [0.25, 0.3) is 0 Å². The summed E-state index contributed by atoms with van der Waals surface area (Å²) in [6, 6.07) is 0. The van der Waals surface area contributed by atoms with Crippen molar-refractivity contribution in [3.05, 3.63) is 22.1 Å². The molecule has 0 saturated heterocycles. The van der Waals surface area contributed by atoms with E-state index < -0.39 is 0 Å². The number of anilines is 1. The molecule has 82 valence electrons. The fourth-order valence-electron chi connectivity index (χ4n) is 1.99. The van der Waals surface area contributed by atoms with Gasteiger partial charge >= 0.3 is 0 Å². The van der Waals surface area contributed by atoms with Gasteiger partial charge < -0.3 is 5.43 Å². The van der Waals surface area contributed by atoms with Crippen molar-refractivity contribution in [2.75, 3.05) is 5.43 Å². The van der Waals surface area contributed by atoms with E-state index in [0.29, 0.717) is 5.82 Å². The zero-order valence-corrected chi connectivity index (χ0v) is 9.42. The summed E-state index contributed by atoms with van der Waals surface area (Å²) in [5.41, 5.74) is 7.51. The molecule has 0 fully saturated rings. The number of nitrogens with two attached hydrogens (primary N) is 1. The second-order valence-corrected chi connectivity index (χ2v) is 4.41. The van der Waals surface area contributed by atoms with Gasteiger partial charge in [0.1, 0.15) is 11.5 Å². The van der Waals surface area contributed by atoms with Gasteiger partial charge in [0.2, 0.25) is 0 Å². The van der Waals surface area contributed by atoms with E-state index in [-0.39, 0.29) is 0 Å². The molecule has 0 unspecified atom stereocenters. The molecule has 0 aliphatic heterocycles. The lowest BCUT2D eigenvalue weighted by molar-refractivity contribution is 0.899. The molecule has 2 aromatic rings. The van der Waals surface area contributed by atoms with E-state index in [1.165, 1.54) is 11.3 Å². The van der Waals surface area contributed by atoms with E-state index >= 15 is 0 Å². The average molecular weight is 233 g/mol. The minimum Gasteiger partial charge on any atom is -0.308 e. The lowest BCUT2D eigenvalue weighted by atomic mass is 10.2. The summed E-state index contributed by atoms with van der Waals surface area (Å²) in [6.07, 6.45) is 3.13. The number of fused-ring (bicyclic) bond motifs is 1. The molecule has 0 atom stereocenters. The van der Waals surface area contributed by atoms with E-state index in [0.717, 1.165) is 42.0 Å². The van der Waals surface area contributed by atoms with Gasteiger partial charge in [-0.15, -0.1) is 11.3 Å². The fraction of sp³-hybridized carbons (Fsp3) is 0.300. The fourth-order valence-corrected chi connectivity index (χ4v) is 2.52. The molecule has 0 radical (unpaired) electrons. The van der Waals surface area contributed by atoms with E-state index in [1.54, 1.807) is 5.51 Å². The normalized spacial score (nSPS) is 13.8. The summed E-state index contributed by atoms with van der Waals surface area (Å²) in [5.74, 6) is 6.89. The van der Waals surface area contributed by atoms with Crippen molar-refractivity contribution in [2.45, 2.75) is 19.3 Å². The van der Waals surface area contributed by atoms with E-state index in [2.05, 4.69) is 20.4 Å². The molecule has 2 aromatic heterocycles. The van der Waals surface area contributed by atoms with Crippen LogP contribution in [-0.4, -0.2) is 15.0 Å². The average Bonchev–Trinajstić information content (AvgIpc) is 2.97. The molecule has 16 heavy (non-hydrogen) atoms. The van der Waals surface area contributed by atoms with Gasteiger partial charge in [0.15, 0.2) is 5.82 Å². The minimum atomic E-state index is 0.662. The number of nitrogens with zero attached hydrogens (tertiary/aromatic N) is 3. The van der Waals surface area contributed by atoms with Crippen LogP contribution in [0.15, 0.2) is 10.9 Å². The number of hydrogen-bond donors (Lipinski definition) is 2. The molecule has 3 N–H and O–H groups in total. The molecule has 1 aliphatic rings. The smallest absolute Gasteiger partial charge is 0.181 e. The summed E-state index contributed by atoms with van der Waals surface area (Å²) < 4.78 is 0. The molecular weight excluding hydrogens is 222 g/mol. The first kappa shape index (κ1) is 9.68. The monoisotopic (exact) mass is 233 g/mol. The SMILES string of the molecule is NNc1nc(-c2cscn2)nc2c1CCC2. The molecule has 0 saturated carbocycles. The molecule has 0 spiro atoms. The summed E-state index contributed by atoms with van der Waals surface area (Å²) in [4.78, 5) is 13.2. The Morgan fingerprint density at radius 3 is 3.00 bits per heavy atom. The maximum atomic E-state index is 5.49. The number of hydrazine groups is 1. The largest absolute Gasteiger partial charge is 0.308 e. The first-order valence-corrected chi connectivity index (χ1v) is 6.07. The Balaban J connectivity index is 2.15. The maximum absolute atomic E-state index is 5.49. The summed E-state index contributed by atoms with van der Waals surface area (Å²) in [6.45, 7) is 0. The highest BCUT2D eigenvalue weighted by molar-refractivity contribution is 7.07. The van der Waals surface area contributed by atoms with Crippen molar-refractivity contribution in [3.8, 4) is 11.5 Å². The van der Waals surface area contributed by atoms with Gasteiger partial charge in [-0.2, -0.15) is 0 Å². The van der Waals surface area contributed by atoms with E-state index in [4.69, 9.17) is 5.84 Å². The van der Waals surface area contributed by atoms with Gasteiger partial charge in [-0.05, 0) is 19.3 Å².